The van der Waals surface area contributed by atoms with Crippen molar-refractivity contribution in [3.63, 3.8) is 0 Å². The quantitative estimate of drug-likeness (QED) is 0.331. The standard InChI is InChI=1S/C19H19N3OS3/c1-2-8-22(10-13-5-4-9-24-13)16(23)11-25-18-17-14-6-3-7-15(14)26-19(17)21-12-20-18/h2,4-5,9,12H,1,3,6-8,10-11H2. The first kappa shape index (κ1) is 17.7. The molecule has 26 heavy (non-hydrogen) atoms. The minimum absolute atomic E-state index is 0.113. The summed E-state index contributed by atoms with van der Waals surface area (Å²) in [5, 5.41) is 4.16. The first-order valence-corrected chi connectivity index (χ1v) is 11.2. The van der Waals surface area contributed by atoms with Crippen LogP contribution < -0.4 is 0 Å². The van der Waals surface area contributed by atoms with Crippen LogP contribution in [0.5, 0.6) is 0 Å². The second-order valence-corrected chi connectivity index (χ2v) is 9.23. The van der Waals surface area contributed by atoms with Crippen LogP contribution >= 0.6 is 34.4 Å². The number of aromatic nitrogens is 2. The minimum atomic E-state index is 0.113. The molecule has 0 unspecified atom stereocenters. The number of aryl methyl sites for hydroxylation is 2. The normalized spacial score (nSPS) is 13.1. The van der Waals surface area contributed by atoms with E-state index in [1.165, 1.54) is 38.9 Å². The van der Waals surface area contributed by atoms with Gasteiger partial charge in [0.25, 0.3) is 0 Å². The molecule has 0 N–H and O–H groups in total. The van der Waals surface area contributed by atoms with E-state index in [2.05, 4.69) is 22.6 Å². The van der Waals surface area contributed by atoms with Crippen molar-refractivity contribution in [3.05, 3.63) is 51.8 Å². The highest BCUT2D eigenvalue weighted by atomic mass is 32.2. The molecule has 134 valence electrons. The van der Waals surface area contributed by atoms with Gasteiger partial charge >= 0.3 is 0 Å². The molecule has 0 fully saturated rings. The Labute approximate surface area is 165 Å². The van der Waals surface area contributed by atoms with Gasteiger partial charge in [0, 0.05) is 21.7 Å². The number of hydrogen-bond acceptors (Lipinski definition) is 6. The molecule has 1 aliphatic carbocycles. The molecule has 4 nitrogen and oxygen atoms in total. The fourth-order valence-electron chi connectivity index (χ4n) is 3.23. The summed E-state index contributed by atoms with van der Waals surface area (Å²) in [5.74, 6) is 0.498. The van der Waals surface area contributed by atoms with Gasteiger partial charge in [0.15, 0.2) is 0 Å². The number of fused-ring (bicyclic) bond motifs is 3. The number of thioether (sulfide) groups is 1. The van der Waals surface area contributed by atoms with Crippen molar-refractivity contribution in [2.24, 2.45) is 0 Å². The third-order valence-corrected chi connectivity index (χ3v) is 7.46. The van der Waals surface area contributed by atoms with Crippen LogP contribution in [0.2, 0.25) is 0 Å². The van der Waals surface area contributed by atoms with E-state index in [1.54, 1.807) is 35.1 Å². The van der Waals surface area contributed by atoms with Crippen molar-refractivity contribution in [3.8, 4) is 0 Å². The van der Waals surface area contributed by atoms with Crippen LogP contribution in [0.25, 0.3) is 10.2 Å². The van der Waals surface area contributed by atoms with Gasteiger partial charge in [-0.15, -0.1) is 29.3 Å². The lowest BCUT2D eigenvalue weighted by molar-refractivity contribution is -0.128. The fourth-order valence-corrected chi connectivity index (χ4v) is 6.17. The average Bonchev–Trinajstić information content (AvgIpc) is 3.36. The Hall–Kier alpha value is -1.70. The predicted octanol–water partition coefficient (Wildman–Crippen LogP) is 4.55. The first-order chi connectivity index (χ1) is 12.8. The predicted molar refractivity (Wildman–Crippen MR) is 110 cm³/mol. The zero-order valence-corrected chi connectivity index (χ0v) is 16.8. The Morgan fingerprint density at radius 2 is 2.31 bits per heavy atom. The molecule has 7 heteroatoms. The van der Waals surface area contributed by atoms with Crippen LogP contribution in [0.1, 0.15) is 21.7 Å². The molecule has 1 amide bonds. The van der Waals surface area contributed by atoms with Crippen molar-refractivity contribution in [2.75, 3.05) is 12.3 Å². The second kappa shape index (κ2) is 7.90. The molecule has 0 radical (unpaired) electrons. The second-order valence-electron chi connectivity index (χ2n) is 6.15. The molecule has 0 saturated carbocycles. The van der Waals surface area contributed by atoms with E-state index in [0.717, 1.165) is 22.7 Å². The molecular weight excluding hydrogens is 382 g/mol. The zero-order valence-electron chi connectivity index (χ0n) is 14.3. The third kappa shape index (κ3) is 3.56. The van der Waals surface area contributed by atoms with E-state index in [9.17, 15) is 4.79 Å². The van der Waals surface area contributed by atoms with Gasteiger partial charge in [-0.1, -0.05) is 23.9 Å². The van der Waals surface area contributed by atoms with Crippen LogP contribution in [0.15, 0.2) is 41.5 Å². The van der Waals surface area contributed by atoms with Gasteiger partial charge in [0.2, 0.25) is 5.91 Å². The van der Waals surface area contributed by atoms with Gasteiger partial charge in [0.05, 0.1) is 12.3 Å². The van der Waals surface area contributed by atoms with Gasteiger partial charge in [-0.3, -0.25) is 4.79 Å². The average molecular weight is 402 g/mol. The Morgan fingerprint density at radius 3 is 3.12 bits per heavy atom. The van der Waals surface area contributed by atoms with E-state index in [4.69, 9.17) is 0 Å². The molecular formula is C19H19N3OS3. The van der Waals surface area contributed by atoms with Crippen LogP contribution in [-0.4, -0.2) is 33.1 Å². The van der Waals surface area contributed by atoms with Crippen molar-refractivity contribution >= 4 is 50.6 Å². The van der Waals surface area contributed by atoms with E-state index >= 15 is 0 Å². The molecule has 0 bridgehead atoms. The van der Waals surface area contributed by atoms with Crippen LogP contribution in [0.4, 0.5) is 0 Å². The van der Waals surface area contributed by atoms with E-state index in [0.29, 0.717) is 18.8 Å². The number of hydrogen-bond donors (Lipinski definition) is 0. The summed E-state index contributed by atoms with van der Waals surface area (Å²) in [4.78, 5) is 27.2. The van der Waals surface area contributed by atoms with Crippen LogP contribution in [0.3, 0.4) is 0 Å². The van der Waals surface area contributed by atoms with Crippen LogP contribution in [-0.2, 0) is 24.2 Å². The fraction of sp³-hybridized carbons (Fsp3) is 0.316. The summed E-state index contributed by atoms with van der Waals surface area (Å²) < 4.78 is 0. The van der Waals surface area contributed by atoms with Crippen molar-refractivity contribution in [1.82, 2.24) is 14.9 Å². The smallest absolute Gasteiger partial charge is 0.233 e. The van der Waals surface area contributed by atoms with E-state index in [1.807, 2.05) is 16.3 Å². The highest BCUT2D eigenvalue weighted by molar-refractivity contribution is 8.00. The number of thiophene rings is 2. The Bertz CT molecular complexity index is 933. The van der Waals surface area contributed by atoms with Gasteiger partial charge < -0.3 is 4.90 Å². The van der Waals surface area contributed by atoms with Crippen molar-refractivity contribution in [1.29, 1.82) is 0 Å². The van der Waals surface area contributed by atoms with Gasteiger partial charge in [-0.2, -0.15) is 0 Å². The maximum atomic E-state index is 12.8. The van der Waals surface area contributed by atoms with E-state index < -0.39 is 0 Å². The van der Waals surface area contributed by atoms with Crippen LogP contribution in [0, 0.1) is 0 Å². The zero-order chi connectivity index (χ0) is 17.9. The summed E-state index contributed by atoms with van der Waals surface area (Å²) in [6, 6.07) is 4.07. The highest BCUT2D eigenvalue weighted by Crippen LogP contribution is 2.40. The summed E-state index contributed by atoms with van der Waals surface area (Å²) in [6.07, 6.45) is 6.86. The number of rotatable bonds is 7. The first-order valence-electron chi connectivity index (χ1n) is 8.55. The SMILES string of the molecule is C=CCN(Cc1cccs1)C(=O)CSc1ncnc2sc3c(c12)CCC3. The number of amides is 1. The third-order valence-electron chi connectivity index (χ3n) is 4.43. The van der Waals surface area contributed by atoms with Gasteiger partial charge in [-0.05, 0) is 36.3 Å². The van der Waals surface area contributed by atoms with Gasteiger partial charge in [-0.25, -0.2) is 9.97 Å². The highest BCUT2D eigenvalue weighted by Gasteiger charge is 2.22. The Balaban J connectivity index is 1.50. The molecule has 0 spiro atoms. The molecule has 3 aromatic rings. The molecule has 3 heterocycles. The number of nitrogens with zero attached hydrogens (tertiary/aromatic N) is 3. The van der Waals surface area contributed by atoms with E-state index in [-0.39, 0.29) is 5.91 Å². The minimum Gasteiger partial charge on any atom is -0.333 e. The number of carbonyl (C=O) groups is 1. The molecule has 4 rings (SSSR count). The van der Waals surface area contributed by atoms with Crippen molar-refractivity contribution < 1.29 is 4.79 Å². The number of carbonyl (C=O) groups excluding carboxylic acids is 1. The topological polar surface area (TPSA) is 46.1 Å². The summed E-state index contributed by atoms with van der Waals surface area (Å²) in [7, 11) is 0. The maximum absolute atomic E-state index is 12.8. The molecule has 1 aliphatic rings. The maximum Gasteiger partial charge on any atom is 0.233 e. The monoisotopic (exact) mass is 401 g/mol. The lowest BCUT2D eigenvalue weighted by Gasteiger charge is -2.20. The molecule has 0 atom stereocenters. The Morgan fingerprint density at radius 1 is 1.38 bits per heavy atom. The lowest BCUT2D eigenvalue weighted by Crippen LogP contribution is -2.31. The van der Waals surface area contributed by atoms with Gasteiger partial charge in [0.1, 0.15) is 16.2 Å². The molecule has 0 aromatic carbocycles. The summed E-state index contributed by atoms with van der Waals surface area (Å²) in [6.45, 7) is 4.98. The summed E-state index contributed by atoms with van der Waals surface area (Å²) >= 11 is 4.98. The largest absolute Gasteiger partial charge is 0.333 e. The Kier molecular flexibility index (Phi) is 5.38. The summed E-state index contributed by atoms with van der Waals surface area (Å²) in [5.41, 5.74) is 1.40. The molecule has 0 saturated heterocycles. The lowest BCUT2D eigenvalue weighted by atomic mass is 10.2. The molecule has 3 aromatic heterocycles. The van der Waals surface area contributed by atoms with Crippen molar-refractivity contribution in [2.45, 2.75) is 30.8 Å². The molecule has 0 aliphatic heterocycles.